The minimum atomic E-state index is 0.394. The molecule has 0 spiro atoms. The van der Waals surface area contributed by atoms with Crippen molar-refractivity contribution in [3.63, 3.8) is 0 Å². The molecule has 152 valence electrons. The summed E-state index contributed by atoms with van der Waals surface area (Å²) in [5.41, 5.74) is 3.95. The average molecular weight is 389 g/mol. The van der Waals surface area contributed by atoms with Crippen molar-refractivity contribution in [1.29, 1.82) is 0 Å². The van der Waals surface area contributed by atoms with Crippen LogP contribution in [0, 0.1) is 5.92 Å². The van der Waals surface area contributed by atoms with Crippen LogP contribution in [0.5, 0.6) is 0 Å². The van der Waals surface area contributed by atoms with Gasteiger partial charge >= 0.3 is 0 Å². The zero-order chi connectivity index (χ0) is 20.1. The third kappa shape index (κ3) is 5.14. The van der Waals surface area contributed by atoms with E-state index < -0.39 is 0 Å². The van der Waals surface area contributed by atoms with Crippen LogP contribution in [0.3, 0.4) is 0 Å². The Morgan fingerprint density at radius 2 is 1.48 bits per heavy atom. The maximum Gasteiger partial charge on any atom is 0.110 e. The van der Waals surface area contributed by atoms with E-state index in [0.29, 0.717) is 12.0 Å². The molecule has 1 atom stereocenters. The van der Waals surface area contributed by atoms with Crippen molar-refractivity contribution < 1.29 is 0 Å². The van der Waals surface area contributed by atoms with Gasteiger partial charge in [0.25, 0.3) is 0 Å². The van der Waals surface area contributed by atoms with Crippen molar-refractivity contribution in [2.45, 2.75) is 32.9 Å². The number of piperazine rings is 1. The van der Waals surface area contributed by atoms with Gasteiger partial charge in [0.05, 0.1) is 11.7 Å². The van der Waals surface area contributed by atoms with Gasteiger partial charge in [-0.1, -0.05) is 74.5 Å². The number of nitrogens with one attached hydrogen (secondary N) is 1. The summed E-state index contributed by atoms with van der Waals surface area (Å²) in [5.74, 6) is 1.60. The van der Waals surface area contributed by atoms with Gasteiger partial charge in [-0.2, -0.15) is 0 Å². The summed E-state index contributed by atoms with van der Waals surface area (Å²) in [5, 5.41) is 0. The van der Waals surface area contributed by atoms with Crippen LogP contribution in [0.25, 0.3) is 0 Å². The Morgan fingerprint density at radius 3 is 2.10 bits per heavy atom. The van der Waals surface area contributed by atoms with Crippen molar-refractivity contribution in [2.24, 2.45) is 5.92 Å². The molecule has 0 saturated carbocycles. The quantitative estimate of drug-likeness (QED) is 0.646. The molecule has 1 fully saturated rings. The summed E-state index contributed by atoms with van der Waals surface area (Å²) in [6.45, 7) is 10.1. The average Bonchev–Trinajstić information content (AvgIpc) is 3.18. The summed E-state index contributed by atoms with van der Waals surface area (Å²) >= 11 is 0. The minimum Gasteiger partial charge on any atom is -0.344 e. The standard InChI is InChI=1S/C25H32N4/c1-20(2)25(23-18-26-24(27-23)17-21-9-5-3-6-10-21)29-15-13-28(14-16-29)19-22-11-7-4-8-12-22/h3-12,18,20,25H,13-17,19H2,1-2H3,(H,26,27). The number of aromatic nitrogens is 2. The summed E-state index contributed by atoms with van der Waals surface area (Å²) in [4.78, 5) is 13.5. The Kier molecular flexibility index (Phi) is 6.43. The molecule has 0 amide bonds. The second-order valence-corrected chi connectivity index (χ2v) is 8.43. The predicted molar refractivity (Wildman–Crippen MR) is 119 cm³/mol. The van der Waals surface area contributed by atoms with Gasteiger partial charge < -0.3 is 4.98 Å². The van der Waals surface area contributed by atoms with Crippen molar-refractivity contribution in [1.82, 2.24) is 19.8 Å². The molecule has 1 N–H and O–H groups in total. The first-order valence-corrected chi connectivity index (χ1v) is 10.8. The van der Waals surface area contributed by atoms with Gasteiger partial charge in [0, 0.05) is 45.3 Å². The third-order valence-corrected chi connectivity index (χ3v) is 5.86. The Balaban J connectivity index is 1.38. The fraction of sp³-hybridized carbons (Fsp3) is 0.400. The summed E-state index contributed by atoms with van der Waals surface area (Å²) in [6.07, 6.45) is 2.91. The summed E-state index contributed by atoms with van der Waals surface area (Å²) in [6, 6.07) is 21.7. The zero-order valence-corrected chi connectivity index (χ0v) is 17.6. The number of nitrogens with zero attached hydrogens (tertiary/aromatic N) is 3. The molecular formula is C25H32N4. The minimum absolute atomic E-state index is 0.394. The van der Waals surface area contributed by atoms with Crippen molar-refractivity contribution >= 4 is 0 Å². The molecule has 0 aliphatic carbocycles. The maximum absolute atomic E-state index is 4.69. The van der Waals surface area contributed by atoms with E-state index in [9.17, 15) is 0 Å². The van der Waals surface area contributed by atoms with Crippen LogP contribution in [0.4, 0.5) is 0 Å². The van der Waals surface area contributed by atoms with E-state index in [2.05, 4.69) is 100 Å². The highest BCUT2D eigenvalue weighted by atomic mass is 15.3. The molecular weight excluding hydrogens is 356 g/mol. The highest BCUT2D eigenvalue weighted by molar-refractivity contribution is 5.20. The lowest BCUT2D eigenvalue weighted by Gasteiger charge is -2.40. The first-order chi connectivity index (χ1) is 14.2. The van der Waals surface area contributed by atoms with Gasteiger partial charge in [-0.05, 0) is 17.0 Å². The fourth-order valence-electron chi connectivity index (χ4n) is 4.43. The van der Waals surface area contributed by atoms with Crippen LogP contribution in [0.15, 0.2) is 66.9 Å². The lowest BCUT2D eigenvalue weighted by molar-refractivity contribution is 0.0706. The topological polar surface area (TPSA) is 35.2 Å². The molecule has 29 heavy (non-hydrogen) atoms. The van der Waals surface area contributed by atoms with Crippen molar-refractivity contribution in [3.05, 3.63) is 89.5 Å². The molecule has 1 aromatic heterocycles. The van der Waals surface area contributed by atoms with E-state index in [0.717, 1.165) is 45.0 Å². The monoisotopic (exact) mass is 388 g/mol. The SMILES string of the molecule is CC(C)C(c1cnc(Cc2ccccc2)[nH]1)N1CCN(Cc2ccccc2)CC1. The third-order valence-electron chi connectivity index (χ3n) is 5.86. The second-order valence-electron chi connectivity index (χ2n) is 8.43. The number of benzene rings is 2. The Morgan fingerprint density at radius 1 is 0.862 bits per heavy atom. The predicted octanol–water partition coefficient (Wildman–Crippen LogP) is 4.52. The number of imidazole rings is 1. The molecule has 0 bridgehead atoms. The van der Waals surface area contributed by atoms with E-state index in [1.165, 1.54) is 16.8 Å². The Bertz CT molecular complexity index is 864. The van der Waals surface area contributed by atoms with E-state index in [1.54, 1.807) is 0 Å². The maximum atomic E-state index is 4.69. The largest absolute Gasteiger partial charge is 0.344 e. The van der Waals surface area contributed by atoms with Gasteiger partial charge in [-0.15, -0.1) is 0 Å². The lowest BCUT2D eigenvalue weighted by Crippen LogP contribution is -2.48. The molecule has 4 rings (SSSR count). The highest BCUT2D eigenvalue weighted by Crippen LogP contribution is 2.29. The molecule has 1 saturated heterocycles. The fourth-order valence-corrected chi connectivity index (χ4v) is 4.43. The van der Waals surface area contributed by atoms with E-state index in [1.807, 2.05) is 0 Å². The molecule has 4 nitrogen and oxygen atoms in total. The smallest absolute Gasteiger partial charge is 0.110 e. The molecule has 1 aliphatic heterocycles. The van der Waals surface area contributed by atoms with Gasteiger partial charge in [0.15, 0.2) is 0 Å². The molecule has 3 aromatic rings. The number of hydrogen-bond acceptors (Lipinski definition) is 3. The number of aromatic amines is 1. The van der Waals surface area contributed by atoms with Crippen LogP contribution >= 0.6 is 0 Å². The second kappa shape index (κ2) is 9.38. The van der Waals surface area contributed by atoms with Crippen LogP contribution in [0.2, 0.25) is 0 Å². The zero-order valence-electron chi connectivity index (χ0n) is 17.6. The first-order valence-electron chi connectivity index (χ1n) is 10.8. The van der Waals surface area contributed by atoms with E-state index in [4.69, 9.17) is 0 Å². The normalized spacial score (nSPS) is 16.9. The first kappa shape index (κ1) is 19.9. The van der Waals surface area contributed by atoms with Gasteiger partial charge in [-0.3, -0.25) is 9.80 Å². The van der Waals surface area contributed by atoms with Crippen LogP contribution < -0.4 is 0 Å². The number of hydrogen-bond donors (Lipinski definition) is 1. The van der Waals surface area contributed by atoms with Gasteiger partial charge in [-0.25, -0.2) is 4.98 Å². The molecule has 0 radical (unpaired) electrons. The van der Waals surface area contributed by atoms with E-state index in [-0.39, 0.29) is 0 Å². The molecule has 1 aliphatic rings. The van der Waals surface area contributed by atoms with Gasteiger partial charge in [0.2, 0.25) is 0 Å². The number of rotatable bonds is 7. The van der Waals surface area contributed by atoms with Crippen molar-refractivity contribution in [2.75, 3.05) is 26.2 Å². The summed E-state index contributed by atoms with van der Waals surface area (Å²) < 4.78 is 0. The molecule has 2 aromatic carbocycles. The molecule has 4 heteroatoms. The van der Waals surface area contributed by atoms with Crippen molar-refractivity contribution in [3.8, 4) is 0 Å². The van der Waals surface area contributed by atoms with Crippen LogP contribution in [-0.4, -0.2) is 45.9 Å². The lowest BCUT2D eigenvalue weighted by atomic mass is 9.98. The summed E-state index contributed by atoms with van der Waals surface area (Å²) in [7, 11) is 0. The number of H-pyrrole nitrogens is 1. The molecule has 1 unspecified atom stereocenters. The van der Waals surface area contributed by atoms with Gasteiger partial charge in [0.1, 0.15) is 5.82 Å². The van der Waals surface area contributed by atoms with E-state index >= 15 is 0 Å². The highest BCUT2D eigenvalue weighted by Gasteiger charge is 2.28. The molecule has 2 heterocycles. The van der Waals surface area contributed by atoms with Crippen LogP contribution in [-0.2, 0) is 13.0 Å². The Hall–Kier alpha value is -2.43. The Labute approximate surface area is 174 Å². The van der Waals surface area contributed by atoms with Crippen LogP contribution in [0.1, 0.15) is 42.5 Å².